The molecule has 3 rings (SSSR count). The molecular weight excluding hydrogens is 327 g/mol. The lowest BCUT2D eigenvalue weighted by Gasteiger charge is -2.37. The highest BCUT2D eigenvalue weighted by Gasteiger charge is 2.53. The van der Waals surface area contributed by atoms with Crippen molar-refractivity contribution in [2.45, 2.75) is 51.1 Å². The van der Waals surface area contributed by atoms with Crippen LogP contribution < -0.4 is 11.2 Å². The number of aromatic nitrogens is 2. The average molecular weight is 344 g/mol. The molecule has 0 saturated carbocycles. The highest BCUT2D eigenvalue weighted by molar-refractivity contribution is 5.66. The highest BCUT2D eigenvalue weighted by atomic mass is 19.1. The van der Waals surface area contributed by atoms with E-state index in [4.69, 9.17) is 18.9 Å². The van der Waals surface area contributed by atoms with Crippen LogP contribution in [0.3, 0.4) is 0 Å². The molecule has 0 radical (unpaired) electrons. The van der Waals surface area contributed by atoms with E-state index in [1.807, 2.05) is 4.98 Å². The van der Waals surface area contributed by atoms with Gasteiger partial charge in [-0.2, -0.15) is 4.39 Å². The van der Waals surface area contributed by atoms with Gasteiger partial charge in [0, 0.05) is 6.92 Å². The molecule has 3 heterocycles. The summed E-state index contributed by atoms with van der Waals surface area (Å²) in [5, 5.41) is 0. The molecule has 2 saturated heterocycles. The monoisotopic (exact) mass is 344 g/mol. The van der Waals surface area contributed by atoms with Crippen molar-refractivity contribution < 1.29 is 28.1 Å². The van der Waals surface area contributed by atoms with Crippen LogP contribution in [0.1, 0.15) is 27.0 Å². The van der Waals surface area contributed by atoms with Gasteiger partial charge in [-0.25, -0.2) is 4.79 Å². The maximum Gasteiger partial charge on any atom is 0.330 e. The van der Waals surface area contributed by atoms with Crippen molar-refractivity contribution >= 4 is 5.97 Å². The molecule has 2 fully saturated rings. The number of esters is 1. The SMILES string of the molecule is CC(=O)O[C@H]1[C@@H]2OC(C)(C)O[C@@H]2CO[C@@H]1n1cc(F)c(=O)[nH]c1=O. The summed E-state index contributed by atoms with van der Waals surface area (Å²) >= 11 is 0. The lowest BCUT2D eigenvalue weighted by Crippen LogP contribution is -2.53. The molecule has 0 aromatic carbocycles. The van der Waals surface area contributed by atoms with Crippen LogP contribution in [0.25, 0.3) is 0 Å². The third-order valence-corrected chi connectivity index (χ3v) is 3.76. The summed E-state index contributed by atoms with van der Waals surface area (Å²) in [6.45, 7) is 4.62. The van der Waals surface area contributed by atoms with Gasteiger partial charge in [-0.15, -0.1) is 0 Å². The number of carbonyl (C=O) groups is 1. The van der Waals surface area contributed by atoms with E-state index in [2.05, 4.69) is 0 Å². The van der Waals surface area contributed by atoms with Crippen molar-refractivity contribution in [3.8, 4) is 0 Å². The second kappa shape index (κ2) is 5.80. The van der Waals surface area contributed by atoms with E-state index in [9.17, 15) is 18.8 Å². The quantitative estimate of drug-likeness (QED) is 0.731. The Morgan fingerprint density at radius 1 is 1.42 bits per heavy atom. The van der Waals surface area contributed by atoms with Gasteiger partial charge in [0.15, 0.2) is 18.1 Å². The van der Waals surface area contributed by atoms with Crippen LogP contribution in [0.2, 0.25) is 0 Å². The van der Waals surface area contributed by atoms with E-state index in [1.165, 1.54) is 6.92 Å². The molecule has 1 aromatic heterocycles. The minimum atomic E-state index is -1.16. The normalized spacial score (nSPS) is 31.5. The molecule has 4 atom stereocenters. The second-order valence-electron chi connectivity index (χ2n) is 6.08. The molecule has 2 aliphatic heterocycles. The number of hydrogen-bond acceptors (Lipinski definition) is 7. The Hall–Kier alpha value is -2.04. The summed E-state index contributed by atoms with van der Waals surface area (Å²) in [5.74, 6) is -2.71. The summed E-state index contributed by atoms with van der Waals surface area (Å²) in [6.07, 6.45) is -2.71. The number of hydrogen-bond donors (Lipinski definition) is 1. The molecule has 0 spiro atoms. The van der Waals surface area contributed by atoms with Crippen molar-refractivity contribution in [1.82, 2.24) is 9.55 Å². The number of nitrogens with one attached hydrogen (secondary N) is 1. The van der Waals surface area contributed by atoms with E-state index in [-0.39, 0.29) is 6.61 Å². The molecule has 0 bridgehead atoms. The van der Waals surface area contributed by atoms with E-state index >= 15 is 0 Å². The molecule has 0 aliphatic carbocycles. The molecule has 1 aromatic rings. The van der Waals surface area contributed by atoms with Gasteiger partial charge in [-0.3, -0.25) is 19.1 Å². The van der Waals surface area contributed by atoms with Crippen molar-refractivity contribution in [3.05, 3.63) is 32.9 Å². The molecule has 1 N–H and O–H groups in total. The molecule has 2 aliphatic rings. The minimum absolute atomic E-state index is 0.0454. The fraction of sp³-hybridized carbons (Fsp3) is 0.643. The Bertz CT molecular complexity index is 771. The van der Waals surface area contributed by atoms with Crippen molar-refractivity contribution in [2.24, 2.45) is 0 Å². The van der Waals surface area contributed by atoms with Crippen LogP contribution in [-0.4, -0.2) is 46.2 Å². The lowest BCUT2D eigenvalue weighted by atomic mass is 10.0. The zero-order chi connectivity index (χ0) is 17.6. The molecule has 0 unspecified atom stereocenters. The zero-order valence-corrected chi connectivity index (χ0v) is 13.3. The smallest absolute Gasteiger partial charge is 0.330 e. The van der Waals surface area contributed by atoms with Gasteiger partial charge in [0.2, 0.25) is 5.82 Å². The summed E-state index contributed by atoms with van der Waals surface area (Å²) in [7, 11) is 0. The first-order chi connectivity index (χ1) is 11.2. The number of rotatable bonds is 2. The first kappa shape index (κ1) is 16.8. The molecule has 9 nitrogen and oxygen atoms in total. The number of H-pyrrole nitrogens is 1. The largest absolute Gasteiger partial charge is 0.455 e. The number of carbonyl (C=O) groups excluding carboxylic acids is 1. The van der Waals surface area contributed by atoms with Gasteiger partial charge in [-0.1, -0.05) is 0 Å². The topological polar surface area (TPSA) is 109 Å². The summed E-state index contributed by atoms with van der Waals surface area (Å²) in [5.41, 5.74) is -2.03. The third kappa shape index (κ3) is 2.99. The van der Waals surface area contributed by atoms with Gasteiger partial charge >= 0.3 is 11.7 Å². The van der Waals surface area contributed by atoms with Gasteiger partial charge in [0.1, 0.15) is 12.2 Å². The molecule has 0 amide bonds. The molecule has 24 heavy (non-hydrogen) atoms. The standard InChI is InChI=1S/C14H17FN2O7/c1-6(18)22-10-9-8(23-14(2,3)24-9)5-21-12(10)17-4-7(15)11(19)16-13(17)20/h4,8-10,12H,5H2,1-3H3,(H,16,19,20)/t8-,9-,10+,12+/m1/s1. The van der Waals surface area contributed by atoms with Gasteiger partial charge in [0.05, 0.1) is 12.8 Å². The van der Waals surface area contributed by atoms with E-state index < -0.39 is 53.4 Å². The number of ether oxygens (including phenoxy) is 4. The fourth-order valence-electron chi connectivity index (χ4n) is 2.93. The number of halogens is 1. The fourth-order valence-corrected chi connectivity index (χ4v) is 2.93. The van der Waals surface area contributed by atoms with E-state index in [0.717, 1.165) is 4.57 Å². The maximum atomic E-state index is 13.6. The Morgan fingerprint density at radius 3 is 2.79 bits per heavy atom. The van der Waals surface area contributed by atoms with Crippen LogP contribution in [0.5, 0.6) is 0 Å². The van der Waals surface area contributed by atoms with Gasteiger partial charge < -0.3 is 18.9 Å². The first-order valence-electron chi connectivity index (χ1n) is 7.33. The molecule has 132 valence electrons. The van der Waals surface area contributed by atoms with Crippen LogP contribution in [-0.2, 0) is 23.7 Å². The van der Waals surface area contributed by atoms with E-state index in [0.29, 0.717) is 6.20 Å². The van der Waals surface area contributed by atoms with Crippen LogP contribution in [0.4, 0.5) is 4.39 Å². The Labute approximate surface area is 135 Å². The second-order valence-corrected chi connectivity index (χ2v) is 6.08. The zero-order valence-electron chi connectivity index (χ0n) is 13.3. The number of aromatic amines is 1. The molecular formula is C14H17FN2O7. The average Bonchev–Trinajstić information content (AvgIpc) is 2.78. The van der Waals surface area contributed by atoms with Gasteiger partial charge in [0.25, 0.3) is 5.56 Å². The van der Waals surface area contributed by atoms with Crippen molar-refractivity contribution in [3.63, 3.8) is 0 Å². The predicted molar refractivity (Wildman–Crippen MR) is 75.6 cm³/mol. The summed E-state index contributed by atoms with van der Waals surface area (Å²) in [4.78, 5) is 36.5. The Balaban J connectivity index is 2.01. The molecule has 10 heteroatoms. The predicted octanol–water partition coefficient (Wildman–Crippen LogP) is -0.344. The maximum absolute atomic E-state index is 13.6. The minimum Gasteiger partial charge on any atom is -0.455 e. The number of fused-ring (bicyclic) bond motifs is 1. The van der Waals surface area contributed by atoms with Gasteiger partial charge in [-0.05, 0) is 13.8 Å². The van der Waals surface area contributed by atoms with E-state index in [1.54, 1.807) is 13.8 Å². The van der Waals surface area contributed by atoms with Crippen LogP contribution >= 0.6 is 0 Å². The van der Waals surface area contributed by atoms with Crippen molar-refractivity contribution in [2.75, 3.05) is 6.61 Å². The third-order valence-electron chi connectivity index (χ3n) is 3.76. The summed E-state index contributed by atoms with van der Waals surface area (Å²) in [6, 6.07) is 0. The van der Waals surface area contributed by atoms with Crippen LogP contribution in [0.15, 0.2) is 15.8 Å². The van der Waals surface area contributed by atoms with Crippen LogP contribution in [0, 0.1) is 5.82 Å². The lowest BCUT2D eigenvalue weighted by molar-refractivity contribution is -0.206. The summed E-state index contributed by atoms with van der Waals surface area (Å²) < 4.78 is 36.6. The number of nitrogens with zero attached hydrogens (tertiary/aromatic N) is 1. The van der Waals surface area contributed by atoms with Crippen molar-refractivity contribution in [1.29, 1.82) is 0 Å². The highest BCUT2D eigenvalue weighted by Crippen LogP contribution is 2.38. The first-order valence-corrected chi connectivity index (χ1v) is 7.33. The Kier molecular flexibility index (Phi) is 4.06. The Morgan fingerprint density at radius 2 is 2.12 bits per heavy atom.